The summed E-state index contributed by atoms with van der Waals surface area (Å²) in [6.45, 7) is 6.58. The van der Waals surface area contributed by atoms with Crippen LogP contribution in [0.25, 0.3) is 0 Å². The highest BCUT2D eigenvalue weighted by atomic mass is 19.1. The molecule has 0 aromatic carbocycles. The standard InChI is InChI=1S/C10H19FO/c1-4-6-10(11)8-7-9(3)12-5-2/h8-9H,4-7H2,1-3H3/b10-8+. The molecule has 0 aliphatic rings. The van der Waals surface area contributed by atoms with Gasteiger partial charge in [0.1, 0.15) is 0 Å². The molecule has 0 heterocycles. The topological polar surface area (TPSA) is 9.23 Å². The van der Waals surface area contributed by atoms with Crippen molar-refractivity contribution < 1.29 is 9.13 Å². The van der Waals surface area contributed by atoms with Crippen LogP contribution in [-0.2, 0) is 4.74 Å². The predicted octanol–water partition coefficient (Wildman–Crippen LogP) is 3.46. The van der Waals surface area contributed by atoms with E-state index in [9.17, 15) is 4.39 Å². The summed E-state index contributed by atoms with van der Waals surface area (Å²) in [5.41, 5.74) is 0. The molecular formula is C10H19FO. The minimum Gasteiger partial charge on any atom is -0.378 e. The van der Waals surface area contributed by atoms with Gasteiger partial charge < -0.3 is 4.74 Å². The molecule has 0 fully saturated rings. The lowest BCUT2D eigenvalue weighted by atomic mass is 10.2. The van der Waals surface area contributed by atoms with Crippen LogP contribution in [0.5, 0.6) is 0 Å². The van der Waals surface area contributed by atoms with Gasteiger partial charge in [-0.2, -0.15) is 0 Å². The average Bonchev–Trinajstić information content (AvgIpc) is 2.02. The smallest absolute Gasteiger partial charge is 0.0960 e. The van der Waals surface area contributed by atoms with Gasteiger partial charge in [-0.25, -0.2) is 4.39 Å². The number of halogens is 1. The fraction of sp³-hybridized carbons (Fsp3) is 0.800. The van der Waals surface area contributed by atoms with E-state index in [4.69, 9.17) is 4.74 Å². The van der Waals surface area contributed by atoms with E-state index in [2.05, 4.69) is 0 Å². The second kappa shape index (κ2) is 7.29. The number of ether oxygens (including phenoxy) is 1. The molecule has 72 valence electrons. The van der Waals surface area contributed by atoms with Crippen molar-refractivity contribution >= 4 is 0 Å². The Bertz CT molecular complexity index is 132. The molecule has 1 nitrogen and oxygen atoms in total. The molecule has 0 aromatic heterocycles. The monoisotopic (exact) mass is 174 g/mol. The second-order valence-corrected chi connectivity index (χ2v) is 2.90. The molecule has 0 saturated carbocycles. The Morgan fingerprint density at radius 3 is 2.67 bits per heavy atom. The number of hydrogen-bond donors (Lipinski definition) is 0. The van der Waals surface area contributed by atoms with Crippen molar-refractivity contribution in [2.24, 2.45) is 0 Å². The van der Waals surface area contributed by atoms with Gasteiger partial charge in [-0.05, 0) is 33.1 Å². The SMILES string of the molecule is CCC/C(F)=C\CC(C)OCC. The van der Waals surface area contributed by atoms with Crippen LogP contribution in [0.2, 0.25) is 0 Å². The Morgan fingerprint density at radius 1 is 1.50 bits per heavy atom. The minimum atomic E-state index is -0.0101. The fourth-order valence-electron chi connectivity index (χ4n) is 0.987. The van der Waals surface area contributed by atoms with Gasteiger partial charge in [0.15, 0.2) is 0 Å². The van der Waals surface area contributed by atoms with Crippen molar-refractivity contribution in [2.45, 2.75) is 46.1 Å². The first kappa shape index (κ1) is 11.6. The van der Waals surface area contributed by atoms with Gasteiger partial charge in [-0.3, -0.25) is 0 Å². The van der Waals surface area contributed by atoms with Crippen LogP contribution < -0.4 is 0 Å². The molecule has 0 radical (unpaired) electrons. The van der Waals surface area contributed by atoms with E-state index in [-0.39, 0.29) is 11.9 Å². The first-order valence-corrected chi connectivity index (χ1v) is 4.66. The van der Waals surface area contributed by atoms with Crippen LogP contribution in [0.3, 0.4) is 0 Å². The van der Waals surface area contributed by atoms with Crippen molar-refractivity contribution in [2.75, 3.05) is 6.61 Å². The molecule has 2 heteroatoms. The van der Waals surface area contributed by atoms with E-state index in [1.165, 1.54) is 0 Å². The maximum atomic E-state index is 12.8. The molecule has 12 heavy (non-hydrogen) atoms. The Labute approximate surface area is 74.6 Å². The van der Waals surface area contributed by atoms with Crippen LogP contribution >= 0.6 is 0 Å². The largest absolute Gasteiger partial charge is 0.378 e. The highest BCUT2D eigenvalue weighted by Crippen LogP contribution is 2.09. The predicted molar refractivity (Wildman–Crippen MR) is 49.8 cm³/mol. The van der Waals surface area contributed by atoms with E-state index < -0.39 is 0 Å². The Balaban J connectivity index is 3.55. The zero-order valence-corrected chi connectivity index (χ0v) is 8.27. The molecule has 0 aromatic rings. The molecular weight excluding hydrogens is 155 g/mol. The van der Waals surface area contributed by atoms with Crippen molar-refractivity contribution in [3.63, 3.8) is 0 Å². The second-order valence-electron chi connectivity index (χ2n) is 2.90. The van der Waals surface area contributed by atoms with E-state index in [0.29, 0.717) is 19.4 Å². The molecule has 0 N–H and O–H groups in total. The summed E-state index contributed by atoms with van der Waals surface area (Å²) < 4.78 is 18.1. The maximum Gasteiger partial charge on any atom is 0.0960 e. The first-order chi connectivity index (χ1) is 5.70. The third-order valence-corrected chi connectivity index (χ3v) is 1.61. The summed E-state index contributed by atoms with van der Waals surface area (Å²) in [6.07, 6.45) is 3.87. The Morgan fingerprint density at radius 2 is 2.17 bits per heavy atom. The molecule has 0 amide bonds. The van der Waals surface area contributed by atoms with Gasteiger partial charge >= 0.3 is 0 Å². The van der Waals surface area contributed by atoms with Crippen molar-refractivity contribution in [3.8, 4) is 0 Å². The molecule has 0 saturated heterocycles. The highest BCUT2D eigenvalue weighted by molar-refractivity contribution is 4.92. The van der Waals surface area contributed by atoms with Gasteiger partial charge in [0.2, 0.25) is 0 Å². The summed E-state index contributed by atoms with van der Waals surface area (Å²) in [6, 6.07) is 0. The van der Waals surface area contributed by atoms with Gasteiger partial charge in [0.05, 0.1) is 11.9 Å². The summed E-state index contributed by atoms with van der Waals surface area (Å²) >= 11 is 0. The summed E-state index contributed by atoms with van der Waals surface area (Å²) in [7, 11) is 0. The lowest BCUT2D eigenvalue weighted by molar-refractivity contribution is 0.0783. The number of rotatable bonds is 6. The summed E-state index contributed by atoms with van der Waals surface area (Å²) in [4.78, 5) is 0. The van der Waals surface area contributed by atoms with E-state index >= 15 is 0 Å². The third-order valence-electron chi connectivity index (χ3n) is 1.61. The molecule has 0 rings (SSSR count). The zero-order valence-electron chi connectivity index (χ0n) is 8.27. The van der Waals surface area contributed by atoms with Gasteiger partial charge in [-0.15, -0.1) is 0 Å². The molecule has 0 spiro atoms. The lowest BCUT2D eigenvalue weighted by Crippen LogP contribution is -2.05. The molecule has 0 aliphatic heterocycles. The zero-order chi connectivity index (χ0) is 9.40. The number of allylic oxidation sites excluding steroid dienone is 1. The molecule has 1 unspecified atom stereocenters. The van der Waals surface area contributed by atoms with Gasteiger partial charge in [0.25, 0.3) is 0 Å². The first-order valence-electron chi connectivity index (χ1n) is 4.66. The average molecular weight is 174 g/mol. The normalized spacial score (nSPS) is 14.8. The van der Waals surface area contributed by atoms with Crippen molar-refractivity contribution in [3.05, 3.63) is 11.9 Å². The third kappa shape index (κ3) is 6.35. The minimum absolute atomic E-state index is 0.0101. The Hall–Kier alpha value is -0.370. The van der Waals surface area contributed by atoms with Gasteiger partial charge in [-0.1, -0.05) is 13.0 Å². The summed E-state index contributed by atoms with van der Waals surface area (Å²) in [5, 5.41) is 0. The lowest BCUT2D eigenvalue weighted by Gasteiger charge is -2.07. The Kier molecular flexibility index (Phi) is 7.06. The van der Waals surface area contributed by atoms with Crippen LogP contribution in [0.15, 0.2) is 11.9 Å². The highest BCUT2D eigenvalue weighted by Gasteiger charge is 1.99. The van der Waals surface area contributed by atoms with Crippen molar-refractivity contribution in [1.82, 2.24) is 0 Å². The van der Waals surface area contributed by atoms with E-state index in [1.54, 1.807) is 6.08 Å². The van der Waals surface area contributed by atoms with Gasteiger partial charge in [0, 0.05) is 6.61 Å². The summed E-state index contributed by atoms with van der Waals surface area (Å²) in [5.74, 6) is -0.0101. The quantitative estimate of drug-likeness (QED) is 0.599. The molecule has 0 aliphatic carbocycles. The maximum absolute atomic E-state index is 12.8. The van der Waals surface area contributed by atoms with Crippen LogP contribution in [0, 0.1) is 0 Å². The van der Waals surface area contributed by atoms with E-state index in [1.807, 2.05) is 20.8 Å². The molecule has 1 atom stereocenters. The van der Waals surface area contributed by atoms with Crippen LogP contribution in [-0.4, -0.2) is 12.7 Å². The molecule has 0 bridgehead atoms. The fourth-order valence-corrected chi connectivity index (χ4v) is 0.987. The van der Waals surface area contributed by atoms with Crippen molar-refractivity contribution in [1.29, 1.82) is 0 Å². The van der Waals surface area contributed by atoms with Crippen LogP contribution in [0.4, 0.5) is 4.39 Å². The van der Waals surface area contributed by atoms with Crippen LogP contribution in [0.1, 0.15) is 40.0 Å². The number of hydrogen-bond acceptors (Lipinski definition) is 1. The van der Waals surface area contributed by atoms with E-state index in [0.717, 1.165) is 6.42 Å².